The van der Waals surface area contributed by atoms with Crippen molar-refractivity contribution in [1.29, 1.82) is 0 Å². The fraction of sp³-hybridized carbons (Fsp3) is 0.308. The van der Waals surface area contributed by atoms with Crippen molar-refractivity contribution in [3.8, 4) is 0 Å². The number of benzene rings is 1. The molecule has 2 atom stereocenters. The highest BCUT2D eigenvalue weighted by atomic mass is 127. The molecule has 1 saturated heterocycles. The van der Waals surface area contributed by atoms with Crippen molar-refractivity contribution in [2.45, 2.75) is 18.7 Å². The minimum Gasteiger partial charge on any atom is -0.350 e. The van der Waals surface area contributed by atoms with E-state index in [9.17, 15) is 4.79 Å². The fourth-order valence-corrected chi connectivity index (χ4v) is 3.33. The van der Waals surface area contributed by atoms with Gasteiger partial charge in [-0.05, 0) is 41.2 Å². The van der Waals surface area contributed by atoms with Crippen LogP contribution in [0.15, 0.2) is 40.0 Å². The molecule has 0 N–H and O–H groups in total. The van der Waals surface area contributed by atoms with Gasteiger partial charge >= 0.3 is 0 Å². The zero-order valence-electron chi connectivity index (χ0n) is 9.39. The van der Waals surface area contributed by atoms with E-state index in [-0.39, 0.29) is 11.9 Å². The Morgan fingerprint density at radius 1 is 1.41 bits per heavy atom. The van der Waals surface area contributed by atoms with Gasteiger partial charge in [0.25, 0.3) is 5.91 Å². The van der Waals surface area contributed by atoms with Gasteiger partial charge in [0.1, 0.15) is 0 Å². The normalized spacial score (nSPS) is 31.6. The van der Waals surface area contributed by atoms with E-state index in [1.54, 1.807) is 0 Å². The fourth-order valence-electron chi connectivity index (χ4n) is 2.49. The Hall–Kier alpha value is -0.880. The first-order valence-corrected chi connectivity index (χ1v) is 6.61. The van der Waals surface area contributed by atoms with E-state index in [4.69, 9.17) is 4.74 Å². The molecule has 2 aliphatic rings. The maximum Gasteiger partial charge on any atom is 0.262 e. The van der Waals surface area contributed by atoms with Gasteiger partial charge in [0.05, 0.1) is 16.2 Å². The van der Waals surface area contributed by atoms with Gasteiger partial charge in [-0.15, -0.1) is 0 Å². The molecule has 2 heterocycles. The van der Waals surface area contributed by atoms with Crippen molar-refractivity contribution < 1.29 is 9.53 Å². The molecule has 1 amide bonds. The van der Waals surface area contributed by atoms with E-state index >= 15 is 0 Å². The van der Waals surface area contributed by atoms with Crippen LogP contribution in [0.4, 0.5) is 0 Å². The zero-order valence-corrected chi connectivity index (χ0v) is 11.5. The highest BCUT2D eigenvalue weighted by molar-refractivity contribution is 14.1. The number of carbonyl (C=O) groups excluding carboxylic acids is 1. The summed E-state index contributed by atoms with van der Waals surface area (Å²) in [6.45, 7) is 2.51. The Bertz CT molecular complexity index is 499. The van der Waals surface area contributed by atoms with Gasteiger partial charge in [0.15, 0.2) is 5.72 Å². The Labute approximate surface area is 114 Å². The average molecular weight is 341 g/mol. The third-order valence-electron chi connectivity index (χ3n) is 3.33. The first-order valence-electron chi connectivity index (χ1n) is 5.53. The quantitative estimate of drug-likeness (QED) is 0.735. The molecule has 3 nitrogen and oxygen atoms in total. The molecule has 1 aromatic carbocycles. The molecule has 0 spiro atoms. The number of halogens is 1. The number of hydrogen-bond donors (Lipinski definition) is 0. The predicted octanol–water partition coefficient (Wildman–Crippen LogP) is 2.64. The molecule has 1 fully saturated rings. The summed E-state index contributed by atoms with van der Waals surface area (Å²) in [6.07, 6.45) is 1.90. The van der Waals surface area contributed by atoms with Crippen LogP contribution < -0.4 is 0 Å². The van der Waals surface area contributed by atoms with E-state index in [0.29, 0.717) is 6.61 Å². The molecule has 2 aliphatic heterocycles. The van der Waals surface area contributed by atoms with Crippen molar-refractivity contribution in [2.24, 2.45) is 0 Å². The highest BCUT2D eigenvalue weighted by Gasteiger charge is 2.51. The maximum atomic E-state index is 12.1. The number of fused-ring (bicyclic) bond motifs is 1. The summed E-state index contributed by atoms with van der Waals surface area (Å²) >= 11 is 2.07. The molecule has 0 aliphatic carbocycles. The maximum absolute atomic E-state index is 12.1. The summed E-state index contributed by atoms with van der Waals surface area (Å²) in [7, 11) is 0. The lowest BCUT2D eigenvalue weighted by Crippen LogP contribution is -2.40. The SMILES string of the molecule is C[C@@]12C=C(I)C(=O)N1[C@@H](c1ccccc1)CO2. The van der Waals surface area contributed by atoms with Gasteiger partial charge in [-0.25, -0.2) is 0 Å². The lowest BCUT2D eigenvalue weighted by Gasteiger charge is -2.29. The number of rotatable bonds is 1. The molecule has 88 valence electrons. The lowest BCUT2D eigenvalue weighted by atomic mass is 10.1. The molecular weight excluding hydrogens is 329 g/mol. The smallest absolute Gasteiger partial charge is 0.262 e. The second kappa shape index (κ2) is 3.81. The zero-order chi connectivity index (χ0) is 12.0. The molecule has 0 saturated carbocycles. The Morgan fingerprint density at radius 3 is 2.82 bits per heavy atom. The van der Waals surface area contributed by atoms with Crippen LogP contribution in [0.1, 0.15) is 18.5 Å². The summed E-state index contributed by atoms with van der Waals surface area (Å²) in [5, 5.41) is 0. The van der Waals surface area contributed by atoms with Crippen LogP contribution in [0.3, 0.4) is 0 Å². The van der Waals surface area contributed by atoms with Crippen LogP contribution in [-0.2, 0) is 9.53 Å². The van der Waals surface area contributed by atoms with Crippen molar-refractivity contribution >= 4 is 28.5 Å². The van der Waals surface area contributed by atoms with Gasteiger partial charge in [0.2, 0.25) is 0 Å². The lowest BCUT2D eigenvalue weighted by molar-refractivity contribution is -0.134. The minimum atomic E-state index is -0.561. The number of amides is 1. The van der Waals surface area contributed by atoms with Gasteiger partial charge in [-0.2, -0.15) is 0 Å². The molecule has 0 aromatic heterocycles. The van der Waals surface area contributed by atoms with Crippen molar-refractivity contribution in [1.82, 2.24) is 4.90 Å². The molecule has 1 aromatic rings. The van der Waals surface area contributed by atoms with Crippen LogP contribution in [0.5, 0.6) is 0 Å². The van der Waals surface area contributed by atoms with Gasteiger partial charge < -0.3 is 4.74 Å². The van der Waals surface area contributed by atoms with Gasteiger partial charge in [-0.1, -0.05) is 30.3 Å². The average Bonchev–Trinajstić information content (AvgIpc) is 2.76. The van der Waals surface area contributed by atoms with E-state index in [1.807, 2.05) is 48.2 Å². The summed E-state index contributed by atoms with van der Waals surface area (Å²) in [5.74, 6) is 0.0689. The first kappa shape index (κ1) is 11.2. The second-order valence-electron chi connectivity index (χ2n) is 4.46. The van der Waals surface area contributed by atoms with E-state index in [1.165, 1.54) is 0 Å². The van der Waals surface area contributed by atoms with Crippen molar-refractivity contribution in [3.63, 3.8) is 0 Å². The van der Waals surface area contributed by atoms with Crippen LogP contribution >= 0.6 is 22.6 Å². The summed E-state index contributed by atoms with van der Waals surface area (Å²) in [6, 6.07) is 10.1. The largest absolute Gasteiger partial charge is 0.350 e. The standard InChI is InChI=1S/C13H12INO2/c1-13-7-10(14)12(16)15(13)11(8-17-13)9-5-3-2-4-6-9/h2-7,11H,8H2,1H3/t11-,13-/m1/s1. The van der Waals surface area contributed by atoms with E-state index in [2.05, 4.69) is 22.6 Å². The third-order valence-corrected chi connectivity index (χ3v) is 4.10. The molecule has 0 unspecified atom stereocenters. The Balaban J connectivity index is 2.00. The molecule has 0 radical (unpaired) electrons. The van der Waals surface area contributed by atoms with Crippen molar-refractivity contribution in [3.05, 3.63) is 45.6 Å². The number of hydrogen-bond acceptors (Lipinski definition) is 2. The topological polar surface area (TPSA) is 29.5 Å². The number of nitrogens with zero attached hydrogens (tertiary/aromatic N) is 1. The molecule has 4 heteroatoms. The second-order valence-corrected chi connectivity index (χ2v) is 5.62. The van der Waals surface area contributed by atoms with Gasteiger partial charge in [-0.3, -0.25) is 9.69 Å². The predicted molar refractivity (Wildman–Crippen MR) is 72.5 cm³/mol. The van der Waals surface area contributed by atoms with E-state index < -0.39 is 5.72 Å². The molecule has 3 rings (SSSR count). The van der Waals surface area contributed by atoms with Crippen molar-refractivity contribution in [2.75, 3.05) is 6.61 Å². The highest BCUT2D eigenvalue weighted by Crippen LogP contribution is 2.44. The monoisotopic (exact) mass is 341 g/mol. The number of carbonyl (C=O) groups is 1. The molecule has 17 heavy (non-hydrogen) atoms. The Kier molecular flexibility index (Phi) is 2.52. The molecular formula is C13H12INO2. The van der Waals surface area contributed by atoms with Gasteiger partial charge in [0, 0.05) is 0 Å². The molecule has 0 bridgehead atoms. The summed E-state index contributed by atoms with van der Waals surface area (Å²) < 4.78 is 6.54. The van der Waals surface area contributed by atoms with Crippen LogP contribution in [0.2, 0.25) is 0 Å². The van der Waals surface area contributed by atoms with Crippen LogP contribution in [-0.4, -0.2) is 23.1 Å². The number of ether oxygens (including phenoxy) is 1. The summed E-state index contributed by atoms with van der Waals surface area (Å²) in [4.78, 5) is 14.0. The minimum absolute atomic E-state index is 0.0252. The van der Waals surface area contributed by atoms with E-state index in [0.717, 1.165) is 9.14 Å². The summed E-state index contributed by atoms with van der Waals surface area (Å²) in [5.41, 5.74) is 0.567. The van der Waals surface area contributed by atoms with Crippen LogP contribution in [0.25, 0.3) is 0 Å². The Morgan fingerprint density at radius 2 is 2.12 bits per heavy atom. The first-order chi connectivity index (χ1) is 8.12. The van der Waals surface area contributed by atoms with Crippen LogP contribution in [0, 0.1) is 0 Å². The third kappa shape index (κ3) is 1.62.